The maximum atomic E-state index is 4.11. The number of rotatable bonds is 4. The Morgan fingerprint density at radius 3 is 2.64 bits per heavy atom. The fourth-order valence-electron chi connectivity index (χ4n) is 1.84. The molecule has 0 fully saturated rings. The van der Waals surface area contributed by atoms with Crippen LogP contribution in [0, 0.1) is 5.92 Å². The van der Waals surface area contributed by atoms with E-state index in [9.17, 15) is 0 Å². The van der Waals surface area contributed by atoms with Gasteiger partial charge in [-0.1, -0.05) is 49.3 Å². The first kappa shape index (κ1) is 11.3. The third kappa shape index (κ3) is 3.17. The van der Waals surface area contributed by atoms with Crippen molar-refractivity contribution in [3.63, 3.8) is 0 Å². The zero-order chi connectivity index (χ0) is 10.6. The lowest BCUT2D eigenvalue weighted by atomic mass is 9.88. The van der Waals surface area contributed by atoms with Gasteiger partial charge in [0.2, 0.25) is 0 Å². The minimum atomic E-state index is 0.651. The Balaban J connectivity index is 2.49. The maximum Gasteiger partial charge on any atom is -0.0197 e. The van der Waals surface area contributed by atoms with E-state index in [0.717, 1.165) is 6.42 Å². The molecule has 0 spiro atoms. The fraction of sp³-hybridized carbons (Fsp3) is 0.571. The molecule has 14 heavy (non-hydrogen) atoms. The van der Waals surface area contributed by atoms with Crippen LogP contribution in [0.15, 0.2) is 35.5 Å². The number of hydrogen-bond acceptors (Lipinski definition) is 0. The normalized spacial score (nSPS) is 18.5. The quantitative estimate of drug-likeness (QED) is 0.566. The van der Waals surface area contributed by atoms with Crippen LogP contribution in [0.4, 0.5) is 0 Å². The van der Waals surface area contributed by atoms with E-state index in [1.807, 2.05) is 0 Å². The lowest BCUT2D eigenvalue weighted by molar-refractivity contribution is 0.630. The molecule has 0 radical (unpaired) electrons. The summed E-state index contributed by atoms with van der Waals surface area (Å²) in [6.07, 6.45) is 9.39. The van der Waals surface area contributed by atoms with Gasteiger partial charge < -0.3 is 0 Å². The monoisotopic (exact) mass is 190 g/mol. The summed E-state index contributed by atoms with van der Waals surface area (Å²) in [4.78, 5) is 0. The van der Waals surface area contributed by atoms with Crippen LogP contribution in [0.3, 0.4) is 0 Å². The first-order valence-electron chi connectivity index (χ1n) is 5.66. The van der Waals surface area contributed by atoms with Crippen molar-refractivity contribution >= 4 is 0 Å². The van der Waals surface area contributed by atoms with E-state index < -0.39 is 0 Å². The van der Waals surface area contributed by atoms with E-state index in [-0.39, 0.29) is 0 Å². The summed E-state index contributed by atoms with van der Waals surface area (Å²) in [7, 11) is 0. The average molecular weight is 190 g/mol. The molecule has 0 heterocycles. The van der Waals surface area contributed by atoms with Crippen LogP contribution >= 0.6 is 0 Å². The van der Waals surface area contributed by atoms with Gasteiger partial charge in [-0.3, -0.25) is 0 Å². The number of allylic oxidation sites excluding steroid dienone is 5. The molecule has 0 aromatic carbocycles. The minimum absolute atomic E-state index is 0.651. The summed E-state index contributed by atoms with van der Waals surface area (Å²) in [6, 6.07) is 0. The standard InChI is InChI=1S/C14H22/c1-5-12(3)13(4)10-14-8-6-11(2)7-9-14/h6,8,13H,3,5,7,9-10H2,1-2,4H3. The van der Waals surface area contributed by atoms with E-state index in [1.165, 1.54) is 30.4 Å². The predicted molar refractivity (Wildman–Crippen MR) is 64.3 cm³/mol. The van der Waals surface area contributed by atoms with Gasteiger partial charge in [-0.05, 0) is 38.5 Å². The smallest absolute Gasteiger partial charge is 0.0197 e. The molecule has 1 aliphatic rings. The molecule has 0 nitrogen and oxygen atoms in total. The van der Waals surface area contributed by atoms with Gasteiger partial charge in [-0.15, -0.1) is 0 Å². The Bertz CT molecular complexity index is 266. The van der Waals surface area contributed by atoms with Crippen LogP contribution in [-0.2, 0) is 0 Å². The van der Waals surface area contributed by atoms with Gasteiger partial charge in [0.15, 0.2) is 0 Å². The Kier molecular flexibility index (Phi) is 4.19. The van der Waals surface area contributed by atoms with Crippen molar-refractivity contribution in [2.75, 3.05) is 0 Å². The molecule has 78 valence electrons. The van der Waals surface area contributed by atoms with Gasteiger partial charge in [-0.2, -0.15) is 0 Å². The maximum absolute atomic E-state index is 4.11. The molecular weight excluding hydrogens is 168 g/mol. The molecule has 0 heteroatoms. The highest BCUT2D eigenvalue weighted by molar-refractivity contribution is 5.23. The second-order valence-electron chi connectivity index (χ2n) is 4.45. The van der Waals surface area contributed by atoms with E-state index in [2.05, 4.69) is 39.5 Å². The lowest BCUT2D eigenvalue weighted by Crippen LogP contribution is -2.01. The zero-order valence-corrected chi connectivity index (χ0v) is 9.77. The summed E-state index contributed by atoms with van der Waals surface area (Å²) in [5.41, 5.74) is 4.49. The highest BCUT2D eigenvalue weighted by Gasteiger charge is 2.09. The Hall–Kier alpha value is -0.780. The van der Waals surface area contributed by atoms with Crippen LogP contribution < -0.4 is 0 Å². The zero-order valence-electron chi connectivity index (χ0n) is 9.77. The van der Waals surface area contributed by atoms with E-state index >= 15 is 0 Å². The van der Waals surface area contributed by atoms with Crippen molar-refractivity contribution in [1.82, 2.24) is 0 Å². The summed E-state index contributed by atoms with van der Waals surface area (Å²) in [6.45, 7) is 10.8. The highest BCUT2D eigenvalue weighted by Crippen LogP contribution is 2.26. The molecule has 1 unspecified atom stereocenters. The van der Waals surface area contributed by atoms with Gasteiger partial charge in [0.25, 0.3) is 0 Å². The van der Waals surface area contributed by atoms with Crippen molar-refractivity contribution in [3.8, 4) is 0 Å². The fourth-order valence-corrected chi connectivity index (χ4v) is 1.84. The van der Waals surface area contributed by atoms with Gasteiger partial charge in [-0.25, -0.2) is 0 Å². The molecule has 0 bridgehead atoms. The minimum Gasteiger partial charge on any atom is -0.0996 e. The molecule has 0 aromatic rings. The van der Waals surface area contributed by atoms with Gasteiger partial charge >= 0.3 is 0 Å². The van der Waals surface area contributed by atoms with Crippen LogP contribution in [0.25, 0.3) is 0 Å². The lowest BCUT2D eigenvalue weighted by Gasteiger charge is -2.18. The SMILES string of the molecule is C=C(CC)C(C)CC1=CC=C(C)CC1. The molecule has 0 aromatic heterocycles. The van der Waals surface area contributed by atoms with E-state index in [1.54, 1.807) is 5.57 Å². The third-order valence-corrected chi connectivity index (χ3v) is 3.16. The van der Waals surface area contributed by atoms with Crippen molar-refractivity contribution in [2.45, 2.75) is 46.5 Å². The highest BCUT2D eigenvalue weighted by atomic mass is 14.2. The molecule has 0 saturated heterocycles. The Morgan fingerprint density at radius 2 is 2.14 bits per heavy atom. The Morgan fingerprint density at radius 1 is 1.43 bits per heavy atom. The number of hydrogen-bond donors (Lipinski definition) is 0. The van der Waals surface area contributed by atoms with E-state index in [4.69, 9.17) is 0 Å². The van der Waals surface area contributed by atoms with Gasteiger partial charge in [0, 0.05) is 0 Å². The molecule has 0 aliphatic heterocycles. The van der Waals surface area contributed by atoms with E-state index in [0.29, 0.717) is 5.92 Å². The van der Waals surface area contributed by atoms with Crippen molar-refractivity contribution in [3.05, 3.63) is 35.5 Å². The van der Waals surface area contributed by atoms with Crippen LogP contribution in [0.2, 0.25) is 0 Å². The third-order valence-electron chi connectivity index (χ3n) is 3.16. The molecule has 0 N–H and O–H groups in total. The second kappa shape index (κ2) is 5.19. The summed E-state index contributed by atoms with van der Waals surface area (Å²) < 4.78 is 0. The largest absolute Gasteiger partial charge is 0.0996 e. The van der Waals surface area contributed by atoms with Crippen LogP contribution in [0.1, 0.15) is 46.5 Å². The molecule has 1 aliphatic carbocycles. The van der Waals surface area contributed by atoms with Gasteiger partial charge in [0.05, 0.1) is 0 Å². The molecular formula is C14H22. The molecule has 0 amide bonds. The summed E-state index contributed by atoms with van der Waals surface area (Å²) >= 11 is 0. The molecule has 0 saturated carbocycles. The Labute approximate surface area is 88.4 Å². The second-order valence-corrected chi connectivity index (χ2v) is 4.45. The molecule has 1 rings (SSSR count). The predicted octanol–water partition coefficient (Wildman–Crippen LogP) is 4.65. The average Bonchev–Trinajstić information content (AvgIpc) is 2.20. The first-order valence-corrected chi connectivity index (χ1v) is 5.66. The summed E-state index contributed by atoms with van der Waals surface area (Å²) in [5, 5.41) is 0. The van der Waals surface area contributed by atoms with Crippen LogP contribution in [0.5, 0.6) is 0 Å². The van der Waals surface area contributed by atoms with Crippen molar-refractivity contribution in [1.29, 1.82) is 0 Å². The van der Waals surface area contributed by atoms with Gasteiger partial charge in [0.1, 0.15) is 0 Å². The summed E-state index contributed by atoms with van der Waals surface area (Å²) in [5.74, 6) is 0.651. The topological polar surface area (TPSA) is 0 Å². The molecule has 1 atom stereocenters. The van der Waals surface area contributed by atoms with Crippen molar-refractivity contribution in [2.24, 2.45) is 5.92 Å². The van der Waals surface area contributed by atoms with Crippen molar-refractivity contribution < 1.29 is 0 Å². The van der Waals surface area contributed by atoms with Crippen LogP contribution in [-0.4, -0.2) is 0 Å². The first-order chi connectivity index (χ1) is 6.63.